The van der Waals surface area contributed by atoms with Crippen LogP contribution >= 0.6 is 0 Å². The van der Waals surface area contributed by atoms with E-state index in [1.54, 1.807) is 12.2 Å². The van der Waals surface area contributed by atoms with Crippen LogP contribution in [-0.4, -0.2) is 17.4 Å². The molecule has 1 N–H and O–H groups in total. The molecule has 0 saturated heterocycles. The SMILES string of the molecule is C=C/C(=C\C(=C/CF)C(C)C)C1(O)CCCCC1.CC. The summed E-state index contributed by atoms with van der Waals surface area (Å²) >= 11 is 0. The number of rotatable bonds is 5. The van der Waals surface area contributed by atoms with E-state index in [2.05, 4.69) is 6.58 Å². The van der Waals surface area contributed by atoms with E-state index in [0.717, 1.165) is 36.8 Å². The van der Waals surface area contributed by atoms with E-state index in [4.69, 9.17) is 0 Å². The Kier molecular flexibility index (Phi) is 9.49. The molecule has 1 saturated carbocycles. The van der Waals surface area contributed by atoms with Crippen molar-refractivity contribution in [2.75, 3.05) is 6.67 Å². The minimum atomic E-state index is -0.760. The predicted molar refractivity (Wildman–Crippen MR) is 86.6 cm³/mol. The van der Waals surface area contributed by atoms with Crippen LogP contribution in [0.1, 0.15) is 59.8 Å². The van der Waals surface area contributed by atoms with Crippen molar-refractivity contribution in [2.45, 2.75) is 65.4 Å². The first kappa shape index (κ1) is 19.1. The molecule has 1 aliphatic rings. The molecule has 1 aliphatic carbocycles. The highest BCUT2D eigenvalue weighted by atomic mass is 19.1. The van der Waals surface area contributed by atoms with Crippen LogP contribution in [0.15, 0.2) is 36.0 Å². The van der Waals surface area contributed by atoms with Crippen LogP contribution in [0.5, 0.6) is 0 Å². The van der Waals surface area contributed by atoms with Crippen molar-refractivity contribution in [1.82, 2.24) is 0 Å². The molecule has 0 amide bonds. The number of allylic oxidation sites excluding steroid dienone is 3. The second-order valence-electron chi connectivity index (χ2n) is 5.41. The Labute approximate surface area is 124 Å². The third kappa shape index (κ3) is 5.62. The first-order valence-electron chi connectivity index (χ1n) is 7.86. The topological polar surface area (TPSA) is 20.2 Å². The molecule has 1 rings (SSSR count). The van der Waals surface area contributed by atoms with E-state index in [9.17, 15) is 9.50 Å². The Bertz CT molecular complexity index is 333. The first-order chi connectivity index (χ1) is 9.53. The lowest BCUT2D eigenvalue weighted by molar-refractivity contribution is 0.0429. The standard InChI is InChI=1S/C16H25FO.C2H6/c1-4-15(12-14(8-11-17)13(2)3)16(18)9-6-5-7-10-16;1-2/h4,8,12-13,18H,1,5-7,9-11H2,2-3H3;1-2H3/b14-8+,15-12+;. The Morgan fingerprint density at radius 2 is 1.80 bits per heavy atom. The van der Waals surface area contributed by atoms with Gasteiger partial charge in [0.25, 0.3) is 0 Å². The van der Waals surface area contributed by atoms with Crippen molar-refractivity contribution < 1.29 is 9.50 Å². The van der Waals surface area contributed by atoms with Crippen molar-refractivity contribution in [3.63, 3.8) is 0 Å². The van der Waals surface area contributed by atoms with Gasteiger partial charge < -0.3 is 5.11 Å². The molecule has 0 aromatic rings. The van der Waals surface area contributed by atoms with Gasteiger partial charge in [-0.25, -0.2) is 4.39 Å². The fourth-order valence-electron chi connectivity index (χ4n) is 2.54. The number of hydrogen-bond donors (Lipinski definition) is 1. The second-order valence-corrected chi connectivity index (χ2v) is 5.41. The third-order valence-electron chi connectivity index (χ3n) is 3.74. The Morgan fingerprint density at radius 1 is 1.25 bits per heavy atom. The van der Waals surface area contributed by atoms with Crippen LogP contribution in [0.2, 0.25) is 0 Å². The van der Waals surface area contributed by atoms with E-state index < -0.39 is 12.3 Å². The van der Waals surface area contributed by atoms with Gasteiger partial charge in [0.2, 0.25) is 0 Å². The maximum absolute atomic E-state index is 12.5. The van der Waals surface area contributed by atoms with E-state index in [1.165, 1.54) is 6.42 Å². The zero-order valence-corrected chi connectivity index (χ0v) is 13.6. The second kappa shape index (κ2) is 9.93. The number of alkyl halides is 1. The van der Waals surface area contributed by atoms with Crippen LogP contribution in [0.25, 0.3) is 0 Å². The lowest BCUT2D eigenvalue weighted by Gasteiger charge is -2.33. The zero-order chi connectivity index (χ0) is 15.6. The average Bonchev–Trinajstić information content (AvgIpc) is 2.45. The van der Waals surface area contributed by atoms with Crippen LogP contribution in [0, 0.1) is 5.92 Å². The summed E-state index contributed by atoms with van der Waals surface area (Å²) in [4.78, 5) is 0. The molecule has 0 heterocycles. The summed E-state index contributed by atoms with van der Waals surface area (Å²) in [5.41, 5.74) is 1.02. The molecule has 0 aliphatic heterocycles. The highest BCUT2D eigenvalue weighted by Gasteiger charge is 2.31. The molecule has 0 atom stereocenters. The Hall–Kier alpha value is -0.890. The molecule has 0 unspecified atom stereocenters. The molecule has 20 heavy (non-hydrogen) atoms. The van der Waals surface area contributed by atoms with Gasteiger partial charge in [-0.05, 0) is 29.9 Å². The maximum atomic E-state index is 12.5. The molecule has 0 radical (unpaired) electrons. The highest BCUT2D eigenvalue weighted by Crippen LogP contribution is 2.35. The largest absolute Gasteiger partial charge is 0.385 e. The molecule has 0 bridgehead atoms. The fraction of sp³-hybridized carbons (Fsp3) is 0.667. The summed E-state index contributed by atoms with van der Waals surface area (Å²) in [5.74, 6) is 0.253. The van der Waals surface area contributed by atoms with Gasteiger partial charge in [0, 0.05) is 0 Å². The molecule has 0 aromatic carbocycles. The number of halogens is 1. The van der Waals surface area contributed by atoms with Gasteiger partial charge in [-0.3, -0.25) is 0 Å². The third-order valence-corrected chi connectivity index (χ3v) is 3.74. The van der Waals surface area contributed by atoms with Crippen LogP contribution in [0.4, 0.5) is 4.39 Å². The van der Waals surface area contributed by atoms with Crippen molar-refractivity contribution >= 4 is 0 Å². The molecule has 1 nitrogen and oxygen atoms in total. The molecular weight excluding hydrogens is 251 g/mol. The smallest absolute Gasteiger partial charge is 0.108 e. The Balaban J connectivity index is 0.00000172. The average molecular weight is 282 g/mol. The van der Waals surface area contributed by atoms with Crippen molar-refractivity contribution in [3.05, 3.63) is 36.0 Å². The quantitative estimate of drug-likeness (QED) is 0.672. The molecular formula is C18H31FO. The van der Waals surface area contributed by atoms with E-state index >= 15 is 0 Å². The van der Waals surface area contributed by atoms with Gasteiger partial charge in [0.1, 0.15) is 6.67 Å². The highest BCUT2D eigenvalue weighted by molar-refractivity contribution is 5.36. The molecule has 1 fully saturated rings. The van der Waals surface area contributed by atoms with Gasteiger partial charge in [0.15, 0.2) is 0 Å². The summed E-state index contributed by atoms with van der Waals surface area (Å²) < 4.78 is 12.5. The first-order valence-corrected chi connectivity index (χ1v) is 7.86. The van der Waals surface area contributed by atoms with Crippen LogP contribution < -0.4 is 0 Å². The van der Waals surface area contributed by atoms with Crippen molar-refractivity contribution in [1.29, 1.82) is 0 Å². The molecule has 2 heteroatoms. The van der Waals surface area contributed by atoms with E-state index in [1.807, 2.05) is 33.8 Å². The van der Waals surface area contributed by atoms with Gasteiger partial charge >= 0.3 is 0 Å². The van der Waals surface area contributed by atoms with E-state index in [0.29, 0.717) is 0 Å². The number of aliphatic hydroxyl groups is 1. The van der Waals surface area contributed by atoms with E-state index in [-0.39, 0.29) is 5.92 Å². The van der Waals surface area contributed by atoms with Crippen molar-refractivity contribution in [2.24, 2.45) is 5.92 Å². The molecule has 116 valence electrons. The zero-order valence-electron chi connectivity index (χ0n) is 13.6. The summed E-state index contributed by atoms with van der Waals surface area (Å²) in [6, 6.07) is 0. The fourth-order valence-corrected chi connectivity index (χ4v) is 2.54. The van der Waals surface area contributed by atoms with Gasteiger partial charge in [0.05, 0.1) is 5.60 Å². The summed E-state index contributed by atoms with van der Waals surface area (Å²) in [6.45, 7) is 11.4. The summed E-state index contributed by atoms with van der Waals surface area (Å²) in [5, 5.41) is 10.7. The predicted octanol–water partition coefficient (Wildman–Crippen LogP) is 5.37. The maximum Gasteiger partial charge on any atom is 0.108 e. The van der Waals surface area contributed by atoms with Crippen molar-refractivity contribution in [3.8, 4) is 0 Å². The Morgan fingerprint density at radius 3 is 2.20 bits per heavy atom. The monoisotopic (exact) mass is 282 g/mol. The summed E-state index contributed by atoms with van der Waals surface area (Å²) in [6.07, 6.45) is 10.1. The minimum Gasteiger partial charge on any atom is -0.385 e. The number of hydrogen-bond acceptors (Lipinski definition) is 1. The molecule has 0 aromatic heterocycles. The lowest BCUT2D eigenvalue weighted by Crippen LogP contribution is -2.33. The minimum absolute atomic E-state index is 0.253. The lowest BCUT2D eigenvalue weighted by atomic mass is 9.78. The van der Waals surface area contributed by atoms with Crippen LogP contribution in [-0.2, 0) is 0 Å². The normalized spacial score (nSPS) is 19.4. The van der Waals surface area contributed by atoms with Gasteiger partial charge in [-0.15, -0.1) is 0 Å². The molecule has 0 spiro atoms. The summed E-state index contributed by atoms with van der Waals surface area (Å²) in [7, 11) is 0. The van der Waals surface area contributed by atoms with Crippen LogP contribution in [0.3, 0.4) is 0 Å². The van der Waals surface area contributed by atoms with Gasteiger partial charge in [-0.1, -0.05) is 71.8 Å². The van der Waals surface area contributed by atoms with Gasteiger partial charge in [-0.2, -0.15) is 0 Å².